The van der Waals surface area contributed by atoms with Gasteiger partial charge in [0.25, 0.3) is 0 Å². The summed E-state index contributed by atoms with van der Waals surface area (Å²) < 4.78 is 5.67. The molecule has 2 aromatic heterocycles. The fourth-order valence-corrected chi connectivity index (χ4v) is 3.07. The van der Waals surface area contributed by atoms with E-state index >= 15 is 0 Å². The van der Waals surface area contributed by atoms with Gasteiger partial charge in [0.05, 0.1) is 23.9 Å². The number of thiazole rings is 1. The van der Waals surface area contributed by atoms with Gasteiger partial charge in [0.1, 0.15) is 0 Å². The van der Waals surface area contributed by atoms with Crippen LogP contribution in [0.1, 0.15) is 36.0 Å². The number of hydrogen-bond donors (Lipinski definition) is 2. The van der Waals surface area contributed by atoms with Crippen LogP contribution in [0.4, 0.5) is 0 Å². The lowest BCUT2D eigenvalue weighted by atomic mass is 10.3. The maximum Gasteiger partial charge on any atom is 0.213 e. The van der Waals surface area contributed by atoms with Crippen LogP contribution >= 0.6 is 11.3 Å². The molecule has 1 saturated carbocycles. The minimum absolute atomic E-state index is 0.584. The van der Waals surface area contributed by atoms with E-state index < -0.39 is 0 Å². The zero-order valence-corrected chi connectivity index (χ0v) is 16.3. The van der Waals surface area contributed by atoms with Gasteiger partial charge in [0.2, 0.25) is 5.88 Å². The van der Waals surface area contributed by atoms with Gasteiger partial charge in [-0.1, -0.05) is 6.07 Å². The van der Waals surface area contributed by atoms with Crippen molar-refractivity contribution in [2.75, 3.05) is 19.7 Å². The summed E-state index contributed by atoms with van der Waals surface area (Å²) in [7, 11) is 0. The molecule has 0 saturated heterocycles. The Balaban J connectivity index is 1.46. The molecule has 2 heterocycles. The Morgan fingerprint density at radius 2 is 2.23 bits per heavy atom. The standard InChI is InChI=1S/C19H27N5OS/c1-3-20-19(21-9-8-17-13-26-14(2)24-17)23-11-16-6-7-18(22-10-16)25-12-15-4-5-15/h6-7,10,13,15H,3-5,8-9,11-12H2,1-2H3,(H2,20,21,23). The lowest BCUT2D eigenvalue weighted by Gasteiger charge is -2.11. The fourth-order valence-electron chi connectivity index (χ4n) is 2.42. The summed E-state index contributed by atoms with van der Waals surface area (Å²) >= 11 is 1.69. The fraction of sp³-hybridized carbons (Fsp3) is 0.526. The number of guanidine groups is 1. The lowest BCUT2D eigenvalue weighted by molar-refractivity contribution is 0.288. The van der Waals surface area contributed by atoms with Crippen molar-refractivity contribution in [1.82, 2.24) is 20.6 Å². The molecule has 1 aliphatic rings. The molecule has 140 valence electrons. The van der Waals surface area contributed by atoms with Crippen molar-refractivity contribution in [1.29, 1.82) is 0 Å². The predicted molar refractivity (Wildman–Crippen MR) is 106 cm³/mol. The number of rotatable bonds is 9. The molecule has 26 heavy (non-hydrogen) atoms. The Morgan fingerprint density at radius 3 is 2.88 bits per heavy atom. The average molecular weight is 374 g/mol. The molecule has 0 unspecified atom stereocenters. The predicted octanol–water partition coefficient (Wildman–Crippen LogP) is 2.93. The van der Waals surface area contributed by atoms with E-state index in [9.17, 15) is 0 Å². The van der Waals surface area contributed by atoms with Gasteiger partial charge < -0.3 is 15.4 Å². The van der Waals surface area contributed by atoms with Gasteiger partial charge in [-0.2, -0.15) is 0 Å². The van der Waals surface area contributed by atoms with Crippen LogP contribution in [-0.4, -0.2) is 35.6 Å². The summed E-state index contributed by atoms with van der Waals surface area (Å²) in [6, 6.07) is 3.96. The van der Waals surface area contributed by atoms with Crippen LogP contribution in [0.15, 0.2) is 28.7 Å². The summed E-state index contributed by atoms with van der Waals surface area (Å²) in [5.41, 5.74) is 2.19. The molecular formula is C19H27N5OS. The van der Waals surface area contributed by atoms with Gasteiger partial charge in [-0.25, -0.2) is 15.0 Å². The van der Waals surface area contributed by atoms with E-state index in [4.69, 9.17) is 4.74 Å². The van der Waals surface area contributed by atoms with Crippen LogP contribution in [0.2, 0.25) is 0 Å². The largest absolute Gasteiger partial charge is 0.477 e. The van der Waals surface area contributed by atoms with Gasteiger partial charge in [-0.3, -0.25) is 0 Å². The Kier molecular flexibility index (Phi) is 6.82. The Morgan fingerprint density at radius 1 is 1.35 bits per heavy atom. The quantitative estimate of drug-likeness (QED) is 0.522. The highest BCUT2D eigenvalue weighted by atomic mass is 32.1. The number of aryl methyl sites for hydroxylation is 1. The Labute approximate surface area is 159 Å². The van der Waals surface area contributed by atoms with E-state index in [2.05, 4.69) is 37.9 Å². The monoisotopic (exact) mass is 373 g/mol. The van der Waals surface area contributed by atoms with Crippen molar-refractivity contribution >= 4 is 17.3 Å². The molecule has 2 aromatic rings. The van der Waals surface area contributed by atoms with Gasteiger partial charge in [0.15, 0.2) is 5.96 Å². The van der Waals surface area contributed by atoms with Crippen LogP contribution in [0, 0.1) is 12.8 Å². The van der Waals surface area contributed by atoms with Crippen LogP contribution in [0.5, 0.6) is 5.88 Å². The number of nitrogens with zero attached hydrogens (tertiary/aromatic N) is 3. The summed E-state index contributed by atoms with van der Waals surface area (Å²) in [4.78, 5) is 13.5. The van der Waals surface area contributed by atoms with Crippen molar-refractivity contribution in [2.45, 2.75) is 39.7 Å². The molecule has 0 aliphatic heterocycles. The molecule has 2 N–H and O–H groups in total. The average Bonchev–Trinajstić information content (AvgIpc) is 3.39. The van der Waals surface area contributed by atoms with Crippen LogP contribution < -0.4 is 15.4 Å². The Bertz CT molecular complexity index is 709. The summed E-state index contributed by atoms with van der Waals surface area (Å²) in [5, 5.41) is 9.85. The molecule has 1 fully saturated rings. The number of aliphatic imine (C=N–C) groups is 1. The normalized spacial score (nSPS) is 14.3. The highest BCUT2D eigenvalue weighted by molar-refractivity contribution is 7.09. The minimum atomic E-state index is 0.584. The van der Waals surface area contributed by atoms with Crippen molar-refractivity contribution in [3.63, 3.8) is 0 Å². The molecule has 0 bridgehead atoms. The molecular weight excluding hydrogens is 346 g/mol. The highest BCUT2D eigenvalue weighted by Gasteiger charge is 2.21. The zero-order valence-electron chi connectivity index (χ0n) is 15.5. The molecule has 6 nitrogen and oxygen atoms in total. The highest BCUT2D eigenvalue weighted by Crippen LogP contribution is 2.29. The van der Waals surface area contributed by atoms with Crippen LogP contribution in [0.3, 0.4) is 0 Å². The molecule has 1 aliphatic carbocycles. The SMILES string of the molecule is CCNC(=NCc1ccc(OCC2CC2)nc1)NCCc1csc(C)n1. The minimum Gasteiger partial charge on any atom is -0.477 e. The number of aromatic nitrogens is 2. The maximum absolute atomic E-state index is 5.67. The van der Waals surface area contributed by atoms with Crippen molar-refractivity contribution in [2.24, 2.45) is 10.9 Å². The van der Waals surface area contributed by atoms with Gasteiger partial charge in [-0.15, -0.1) is 11.3 Å². The maximum atomic E-state index is 5.67. The first kappa shape index (κ1) is 18.6. The first-order valence-electron chi connectivity index (χ1n) is 9.24. The third-order valence-electron chi connectivity index (χ3n) is 4.07. The van der Waals surface area contributed by atoms with E-state index in [0.29, 0.717) is 12.4 Å². The topological polar surface area (TPSA) is 71.4 Å². The third kappa shape index (κ3) is 6.29. The number of ether oxygens (including phenoxy) is 1. The van der Waals surface area contributed by atoms with E-state index in [1.807, 2.05) is 25.3 Å². The van der Waals surface area contributed by atoms with Crippen LogP contribution in [0.25, 0.3) is 0 Å². The number of hydrogen-bond acceptors (Lipinski definition) is 5. The van der Waals surface area contributed by atoms with Crippen molar-refractivity contribution < 1.29 is 4.74 Å². The molecule has 0 radical (unpaired) electrons. The Hall–Kier alpha value is -2.15. The molecule has 0 atom stereocenters. The van der Waals surface area contributed by atoms with Crippen molar-refractivity contribution in [3.05, 3.63) is 40.0 Å². The molecule has 3 rings (SSSR count). The second-order valence-electron chi connectivity index (χ2n) is 6.49. The first-order chi connectivity index (χ1) is 12.7. The molecule has 0 amide bonds. The second kappa shape index (κ2) is 9.52. The molecule has 7 heteroatoms. The summed E-state index contributed by atoms with van der Waals surface area (Å²) in [6.45, 7) is 7.10. The zero-order chi connectivity index (χ0) is 18.2. The number of pyridine rings is 1. The molecule has 0 aromatic carbocycles. The smallest absolute Gasteiger partial charge is 0.213 e. The van der Waals surface area contributed by atoms with Gasteiger partial charge in [-0.05, 0) is 38.2 Å². The van der Waals surface area contributed by atoms with E-state index in [-0.39, 0.29) is 0 Å². The number of nitrogens with one attached hydrogen (secondary N) is 2. The van der Waals surface area contributed by atoms with Gasteiger partial charge in [0, 0.05) is 37.2 Å². The van der Waals surface area contributed by atoms with Crippen LogP contribution in [-0.2, 0) is 13.0 Å². The first-order valence-corrected chi connectivity index (χ1v) is 10.1. The second-order valence-corrected chi connectivity index (χ2v) is 7.55. The third-order valence-corrected chi connectivity index (χ3v) is 4.89. The van der Waals surface area contributed by atoms with E-state index in [1.54, 1.807) is 11.3 Å². The van der Waals surface area contributed by atoms with Gasteiger partial charge >= 0.3 is 0 Å². The molecule has 0 spiro atoms. The summed E-state index contributed by atoms with van der Waals surface area (Å²) in [6.07, 6.45) is 5.31. The van der Waals surface area contributed by atoms with E-state index in [1.165, 1.54) is 12.8 Å². The van der Waals surface area contributed by atoms with E-state index in [0.717, 1.165) is 54.3 Å². The van der Waals surface area contributed by atoms with Crippen molar-refractivity contribution in [3.8, 4) is 5.88 Å². The summed E-state index contributed by atoms with van der Waals surface area (Å²) in [5.74, 6) is 2.25. The lowest BCUT2D eigenvalue weighted by Crippen LogP contribution is -2.38.